The van der Waals surface area contributed by atoms with Crippen LogP contribution in [0.3, 0.4) is 0 Å². The maximum atomic E-state index is 11.0. The first-order chi connectivity index (χ1) is 7.52. The Bertz CT molecular complexity index is 423. The summed E-state index contributed by atoms with van der Waals surface area (Å²) < 4.78 is 0. The van der Waals surface area contributed by atoms with E-state index in [9.17, 15) is 9.59 Å². The third-order valence-electron chi connectivity index (χ3n) is 2.31. The van der Waals surface area contributed by atoms with E-state index in [1.54, 1.807) is 6.92 Å². The highest BCUT2D eigenvalue weighted by molar-refractivity contribution is 5.98. The Morgan fingerprint density at radius 1 is 1.31 bits per heavy atom. The predicted octanol–water partition coefficient (Wildman–Crippen LogP) is 1.29. The molecule has 0 saturated heterocycles. The predicted molar refractivity (Wildman–Crippen MR) is 59.8 cm³/mol. The summed E-state index contributed by atoms with van der Waals surface area (Å²) in [6, 6.07) is 9.09. The first kappa shape index (κ1) is 12.0. The largest absolute Gasteiger partial charge is 0.478 e. The van der Waals surface area contributed by atoms with E-state index in [1.165, 1.54) is 0 Å². The van der Waals surface area contributed by atoms with Gasteiger partial charge in [0.15, 0.2) is 0 Å². The minimum Gasteiger partial charge on any atom is -0.478 e. The van der Waals surface area contributed by atoms with Gasteiger partial charge in [-0.2, -0.15) is 0 Å². The molecule has 0 aromatic heterocycles. The fraction of sp³-hybridized carbons (Fsp3) is 0.167. The number of carboxylic acids is 1. The van der Waals surface area contributed by atoms with E-state index in [2.05, 4.69) is 0 Å². The van der Waals surface area contributed by atoms with Gasteiger partial charge in [0.2, 0.25) is 5.91 Å². The lowest BCUT2D eigenvalue weighted by Crippen LogP contribution is -2.14. The molecule has 0 radical (unpaired) electrons. The smallest absolute Gasteiger partial charge is 0.332 e. The molecule has 1 atom stereocenters. The third-order valence-corrected chi connectivity index (χ3v) is 2.31. The summed E-state index contributed by atoms with van der Waals surface area (Å²) in [4.78, 5) is 21.7. The van der Waals surface area contributed by atoms with E-state index < -0.39 is 11.9 Å². The standard InChI is InChI=1S/C12H13NO3/c1-8(9-5-3-2-4-6-9)10(12(15)16)7-11(13)14/h2-8H,1H3,(H2,13,14)(H,15,16)/t8-/m0/s1. The molecule has 1 aromatic rings. The lowest BCUT2D eigenvalue weighted by Gasteiger charge is -2.12. The second kappa shape index (κ2) is 5.11. The van der Waals surface area contributed by atoms with E-state index in [4.69, 9.17) is 10.8 Å². The molecule has 0 bridgehead atoms. The molecule has 0 aliphatic carbocycles. The molecule has 0 saturated carbocycles. The van der Waals surface area contributed by atoms with Crippen molar-refractivity contribution in [3.05, 3.63) is 47.5 Å². The van der Waals surface area contributed by atoms with Crippen molar-refractivity contribution in [3.8, 4) is 0 Å². The zero-order valence-electron chi connectivity index (χ0n) is 8.88. The number of primary amides is 1. The minimum atomic E-state index is -1.13. The van der Waals surface area contributed by atoms with E-state index in [0.717, 1.165) is 11.6 Å². The van der Waals surface area contributed by atoms with Crippen molar-refractivity contribution < 1.29 is 14.7 Å². The van der Waals surface area contributed by atoms with Gasteiger partial charge in [-0.3, -0.25) is 4.79 Å². The van der Waals surface area contributed by atoms with Crippen molar-refractivity contribution in [2.24, 2.45) is 5.73 Å². The van der Waals surface area contributed by atoms with Crippen LogP contribution in [0, 0.1) is 0 Å². The van der Waals surface area contributed by atoms with Gasteiger partial charge in [0, 0.05) is 17.6 Å². The lowest BCUT2D eigenvalue weighted by atomic mass is 9.92. The van der Waals surface area contributed by atoms with Crippen LogP contribution < -0.4 is 5.73 Å². The van der Waals surface area contributed by atoms with E-state index in [-0.39, 0.29) is 11.5 Å². The van der Waals surface area contributed by atoms with Crippen LogP contribution in [0.2, 0.25) is 0 Å². The van der Waals surface area contributed by atoms with Gasteiger partial charge in [0.25, 0.3) is 0 Å². The number of carbonyl (C=O) groups excluding carboxylic acids is 1. The molecule has 16 heavy (non-hydrogen) atoms. The van der Waals surface area contributed by atoms with Gasteiger partial charge in [0.1, 0.15) is 0 Å². The van der Waals surface area contributed by atoms with Crippen molar-refractivity contribution in [3.63, 3.8) is 0 Å². The van der Waals surface area contributed by atoms with Crippen molar-refractivity contribution in [1.82, 2.24) is 0 Å². The lowest BCUT2D eigenvalue weighted by molar-refractivity contribution is -0.133. The molecule has 4 nitrogen and oxygen atoms in total. The number of nitrogens with two attached hydrogens (primary N) is 1. The van der Waals surface area contributed by atoms with Crippen LogP contribution in [0.4, 0.5) is 0 Å². The summed E-state index contributed by atoms with van der Waals surface area (Å²) in [5.74, 6) is -2.25. The van der Waals surface area contributed by atoms with Crippen LogP contribution in [0.5, 0.6) is 0 Å². The number of hydrogen-bond acceptors (Lipinski definition) is 2. The van der Waals surface area contributed by atoms with Crippen molar-refractivity contribution in [2.45, 2.75) is 12.8 Å². The minimum absolute atomic E-state index is 0.00120. The van der Waals surface area contributed by atoms with Crippen molar-refractivity contribution in [2.75, 3.05) is 0 Å². The number of carboxylic acid groups (broad SMARTS) is 1. The molecule has 1 aromatic carbocycles. The van der Waals surface area contributed by atoms with E-state index in [1.807, 2.05) is 30.3 Å². The average Bonchev–Trinajstić information content (AvgIpc) is 2.25. The van der Waals surface area contributed by atoms with Crippen LogP contribution in [0.25, 0.3) is 0 Å². The molecule has 3 N–H and O–H groups in total. The highest BCUT2D eigenvalue weighted by Crippen LogP contribution is 2.23. The summed E-state index contributed by atoms with van der Waals surface area (Å²) in [6.45, 7) is 1.72. The van der Waals surface area contributed by atoms with Crippen molar-refractivity contribution in [1.29, 1.82) is 0 Å². The van der Waals surface area contributed by atoms with Gasteiger partial charge < -0.3 is 10.8 Å². The maximum absolute atomic E-state index is 11.0. The van der Waals surface area contributed by atoms with Gasteiger partial charge in [-0.05, 0) is 5.56 Å². The first-order valence-electron chi connectivity index (χ1n) is 4.81. The molecule has 0 aliphatic heterocycles. The van der Waals surface area contributed by atoms with Crippen LogP contribution in [-0.2, 0) is 9.59 Å². The Morgan fingerprint density at radius 3 is 2.31 bits per heavy atom. The Kier molecular flexibility index (Phi) is 3.83. The number of rotatable bonds is 4. The Labute approximate surface area is 93.4 Å². The Hall–Kier alpha value is -2.10. The van der Waals surface area contributed by atoms with Gasteiger partial charge >= 0.3 is 5.97 Å². The number of benzene rings is 1. The first-order valence-corrected chi connectivity index (χ1v) is 4.81. The molecule has 4 heteroatoms. The third kappa shape index (κ3) is 2.95. The summed E-state index contributed by atoms with van der Waals surface area (Å²) in [5, 5.41) is 8.98. The topological polar surface area (TPSA) is 80.4 Å². The molecule has 0 heterocycles. The fourth-order valence-electron chi connectivity index (χ4n) is 1.45. The summed E-state index contributed by atoms with van der Waals surface area (Å²) in [5.41, 5.74) is 5.80. The summed E-state index contributed by atoms with van der Waals surface area (Å²) in [7, 11) is 0. The molecule has 0 unspecified atom stereocenters. The molecule has 0 fully saturated rings. The van der Waals surface area contributed by atoms with Gasteiger partial charge in [-0.25, -0.2) is 4.79 Å². The highest BCUT2D eigenvalue weighted by atomic mass is 16.4. The summed E-state index contributed by atoms with van der Waals surface area (Å²) >= 11 is 0. The molecule has 1 amide bonds. The normalized spacial score (nSPS) is 13.2. The zero-order valence-corrected chi connectivity index (χ0v) is 8.88. The fourth-order valence-corrected chi connectivity index (χ4v) is 1.45. The van der Waals surface area contributed by atoms with E-state index in [0.29, 0.717) is 0 Å². The zero-order chi connectivity index (χ0) is 12.1. The number of carbonyl (C=O) groups is 2. The maximum Gasteiger partial charge on any atom is 0.332 e. The Balaban J connectivity index is 3.06. The summed E-state index contributed by atoms with van der Waals surface area (Å²) in [6.07, 6.45) is 0.958. The number of hydrogen-bond donors (Lipinski definition) is 2. The van der Waals surface area contributed by atoms with Gasteiger partial charge in [-0.15, -0.1) is 0 Å². The molecular formula is C12H13NO3. The van der Waals surface area contributed by atoms with Gasteiger partial charge in [0.05, 0.1) is 0 Å². The van der Waals surface area contributed by atoms with Crippen LogP contribution >= 0.6 is 0 Å². The van der Waals surface area contributed by atoms with Gasteiger partial charge in [-0.1, -0.05) is 37.3 Å². The Morgan fingerprint density at radius 2 is 1.88 bits per heavy atom. The molecular weight excluding hydrogens is 206 g/mol. The second-order valence-electron chi connectivity index (χ2n) is 3.44. The number of amides is 1. The van der Waals surface area contributed by atoms with Crippen molar-refractivity contribution >= 4 is 11.9 Å². The molecule has 1 rings (SSSR count). The molecule has 0 spiro atoms. The SMILES string of the molecule is C[C@H](C(=CC(N)=O)C(=O)O)c1ccccc1. The van der Waals surface area contributed by atoms with Crippen LogP contribution in [0.15, 0.2) is 42.0 Å². The van der Waals surface area contributed by atoms with E-state index >= 15 is 0 Å². The second-order valence-corrected chi connectivity index (χ2v) is 3.44. The quantitative estimate of drug-likeness (QED) is 0.748. The molecule has 0 aliphatic rings. The van der Waals surface area contributed by atoms with Crippen LogP contribution in [-0.4, -0.2) is 17.0 Å². The molecule has 84 valence electrons. The average molecular weight is 219 g/mol. The highest BCUT2D eigenvalue weighted by Gasteiger charge is 2.18. The van der Waals surface area contributed by atoms with Crippen LogP contribution in [0.1, 0.15) is 18.4 Å². The monoisotopic (exact) mass is 219 g/mol. The number of aliphatic carboxylic acids is 1.